The van der Waals surface area contributed by atoms with Crippen molar-refractivity contribution < 1.29 is 0 Å². The van der Waals surface area contributed by atoms with Crippen LogP contribution in [0.5, 0.6) is 0 Å². The Morgan fingerprint density at radius 3 is 2.06 bits per heavy atom. The summed E-state index contributed by atoms with van der Waals surface area (Å²) in [5.41, 5.74) is 1.90. The summed E-state index contributed by atoms with van der Waals surface area (Å²) in [7, 11) is 0.862. The molecule has 0 radical (unpaired) electrons. The molecule has 2 rings (SSSR count). The summed E-state index contributed by atoms with van der Waals surface area (Å²) in [4.78, 5) is 4.61. The molecule has 90 valence electrons. The van der Waals surface area contributed by atoms with E-state index in [0.29, 0.717) is 5.41 Å². The Labute approximate surface area is 101 Å². The monoisotopic (exact) mass is 237 g/mol. The molecule has 16 heavy (non-hydrogen) atoms. The lowest BCUT2D eigenvalue weighted by Crippen LogP contribution is -2.21. The zero-order valence-corrected chi connectivity index (χ0v) is 11.5. The molecule has 1 heterocycles. The van der Waals surface area contributed by atoms with Crippen molar-refractivity contribution in [3.05, 3.63) is 17.4 Å². The first kappa shape index (κ1) is 12.2. The van der Waals surface area contributed by atoms with Crippen LogP contribution in [0.25, 0.3) is 0 Å². The average molecular weight is 237 g/mol. The molecule has 1 unspecified atom stereocenters. The number of nitrogens with zero attached hydrogens (tertiary/aromatic N) is 1. The third-order valence-electron chi connectivity index (χ3n) is 4.03. The Balaban J connectivity index is 2.03. The molecule has 0 aromatic carbocycles. The summed E-state index contributed by atoms with van der Waals surface area (Å²) in [6.07, 6.45) is 14.8. The third-order valence-corrected chi connectivity index (χ3v) is 5.35. The van der Waals surface area contributed by atoms with Crippen LogP contribution in [0, 0.1) is 0 Å². The molecule has 0 spiro atoms. The van der Waals surface area contributed by atoms with E-state index in [2.05, 4.69) is 17.7 Å². The second kappa shape index (κ2) is 5.87. The van der Waals surface area contributed by atoms with Gasteiger partial charge < -0.3 is 0 Å². The van der Waals surface area contributed by atoms with E-state index in [0.717, 1.165) is 8.19 Å². The van der Waals surface area contributed by atoms with Gasteiger partial charge >= 0.3 is 0 Å². The van der Waals surface area contributed by atoms with Gasteiger partial charge in [0, 0.05) is 11.6 Å². The van der Waals surface area contributed by atoms with E-state index in [-0.39, 0.29) is 0 Å². The second-order valence-corrected chi connectivity index (χ2v) is 6.57. The van der Waals surface area contributed by atoms with Crippen molar-refractivity contribution in [3.63, 3.8) is 0 Å². The number of hydrogen-bond donors (Lipinski definition) is 0. The predicted molar refractivity (Wildman–Crippen MR) is 72.6 cm³/mol. The topological polar surface area (TPSA) is 12.9 Å². The van der Waals surface area contributed by atoms with Crippen molar-refractivity contribution in [2.45, 2.75) is 70.1 Å². The normalized spacial score (nSPS) is 23.3. The van der Waals surface area contributed by atoms with Gasteiger partial charge in [-0.15, -0.1) is 8.19 Å². The van der Waals surface area contributed by atoms with E-state index >= 15 is 0 Å². The lowest BCUT2D eigenvalue weighted by Gasteiger charge is -2.29. The van der Waals surface area contributed by atoms with E-state index in [4.69, 9.17) is 0 Å². The van der Waals surface area contributed by atoms with Crippen LogP contribution in [-0.2, 0) is 5.41 Å². The number of aromatic nitrogens is 1. The number of rotatable bonds is 1. The number of hydrogen-bond acceptors (Lipinski definition) is 1. The molecule has 1 aliphatic rings. The first-order valence-corrected chi connectivity index (χ1v) is 7.89. The van der Waals surface area contributed by atoms with Gasteiger partial charge in [0.25, 0.3) is 0 Å². The summed E-state index contributed by atoms with van der Waals surface area (Å²) in [6.45, 7) is 2.45. The minimum atomic E-state index is 0.416. The summed E-state index contributed by atoms with van der Waals surface area (Å²) >= 11 is 0. The fourth-order valence-electron chi connectivity index (χ4n) is 2.87. The highest BCUT2D eigenvalue weighted by molar-refractivity contribution is 7.30. The highest BCUT2D eigenvalue weighted by Gasteiger charge is 2.27. The second-order valence-electron chi connectivity index (χ2n) is 5.47. The SMILES string of the molecule is CC1(c2ncc[pH]2)CCCCCCCCC1. The maximum absolute atomic E-state index is 4.61. The maximum Gasteiger partial charge on any atom is 0.0620 e. The van der Waals surface area contributed by atoms with Gasteiger partial charge in [0.2, 0.25) is 0 Å². The van der Waals surface area contributed by atoms with Crippen LogP contribution in [0.15, 0.2) is 12.0 Å². The summed E-state index contributed by atoms with van der Waals surface area (Å²) in [5, 5.41) is 0. The Kier molecular flexibility index (Phi) is 4.46. The zero-order valence-electron chi connectivity index (χ0n) is 10.5. The first-order valence-electron chi connectivity index (χ1n) is 6.81. The predicted octanol–water partition coefficient (Wildman–Crippen LogP) is 4.90. The fourth-order valence-corrected chi connectivity index (χ4v) is 3.93. The molecular formula is C14H24NP. The molecule has 2 heteroatoms. The van der Waals surface area contributed by atoms with Gasteiger partial charge in [0.05, 0.1) is 5.43 Å². The van der Waals surface area contributed by atoms with E-state index in [1.807, 2.05) is 6.20 Å². The van der Waals surface area contributed by atoms with E-state index in [1.165, 1.54) is 63.2 Å². The van der Waals surface area contributed by atoms with Crippen molar-refractivity contribution in [3.8, 4) is 0 Å². The molecule has 1 atom stereocenters. The zero-order chi connectivity index (χ0) is 11.3. The van der Waals surface area contributed by atoms with Crippen molar-refractivity contribution >= 4 is 8.19 Å². The molecule has 0 N–H and O–H groups in total. The van der Waals surface area contributed by atoms with Crippen molar-refractivity contribution in [2.75, 3.05) is 0 Å². The molecule has 1 nitrogen and oxygen atoms in total. The van der Waals surface area contributed by atoms with E-state index < -0.39 is 0 Å². The molecule has 0 bridgehead atoms. The standard InChI is InChI=1S/C14H24NP/c1-14(13-15-11-12-16-13)9-7-5-3-2-4-6-8-10-14/h11-12,16H,2-10H2,1H3. The summed E-state index contributed by atoms with van der Waals surface area (Å²) < 4.78 is 0. The van der Waals surface area contributed by atoms with Crippen LogP contribution in [0.1, 0.15) is 70.1 Å². The van der Waals surface area contributed by atoms with Gasteiger partial charge in [0.15, 0.2) is 0 Å². The third kappa shape index (κ3) is 3.10. The van der Waals surface area contributed by atoms with Crippen LogP contribution in [-0.4, -0.2) is 4.98 Å². The maximum atomic E-state index is 4.61. The quantitative estimate of drug-likeness (QED) is 0.677. The van der Waals surface area contributed by atoms with Gasteiger partial charge in [-0.25, -0.2) is 0 Å². The Morgan fingerprint density at radius 1 is 1.00 bits per heavy atom. The first-order chi connectivity index (χ1) is 7.81. The van der Waals surface area contributed by atoms with Crippen LogP contribution in [0.4, 0.5) is 0 Å². The Hall–Kier alpha value is -0.290. The van der Waals surface area contributed by atoms with Crippen LogP contribution in [0.3, 0.4) is 0 Å². The van der Waals surface area contributed by atoms with E-state index in [1.54, 1.807) is 0 Å². The smallest absolute Gasteiger partial charge is 0.0620 e. The molecule has 0 aliphatic heterocycles. The molecule has 0 saturated heterocycles. The lowest BCUT2D eigenvalue weighted by molar-refractivity contribution is 0.350. The molecule has 1 aromatic heterocycles. The largest absolute Gasteiger partial charge is 0.256 e. The highest BCUT2D eigenvalue weighted by Crippen LogP contribution is 2.38. The van der Waals surface area contributed by atoms with Crippen LogP contribution >= 0.6 is 8.19 Å². The van der Waals surface area contributed by atoms with Gasteiger partial charge in [-0.05, 0) is 18.6 Å². The fraction of sp³-hybridized carbons (Fsp3) is 0.786. The molecule has 1 fully saturated rings. The Bertz CT molecular complexity index is 282. The van der Waals surface area contributed by atoms with Gasteiger partial charge in [0.1, 0.15) is 0 Å². The van der Waals surface area contributed by atoms with Gasteiger partial charge in [-0.3, -0.25) is 4.98 Å². The summed E-state index contributed by atoms with van der Waals surface area (Å²) in [6, 6.07) is 0. The van der Waals surface area contributed by atoms with Crippen molar-refractivity contribution in [1.82, 2.24) is 4.98 Å². The average Bonchev–Trinajstić information content (AvgIpc) is 2.81. The van der Waals surface area contributed by atoms with Crippen molar-refractivity contribution in [1.29, 1.82) is 0 Å². The minimum absolute atomic E-state index is 0.416. The molecule has 1 saturated carbocycles. The van der Waals surface area contributed by atoms with Gasteiger partial charge in [-0.2, -0.15) is 0 Å². The van der Waals surface area contributed by atoms with Crippen LogP contribution < -0.4 is 0 Å². The summed E-state index contributed by atoms with van der Waals surface area (Å²) in [5.74, 6) is 2.24. The Morgan fingerprint density at radius 2 is 1.56 bits per heavy atom. The minimum Gasteiger partial charge on any atom is -0.256 e. The molecular weight excluding hydrogens is 213 g/mol. The molecule has 0 amide bonds. The van der Waals surface area contributed by atoms with Crippen LogP contribution in [0.2, 0.25) is 0 Å². The van der Waals surface area contributed by atoms with Gasteiger partial charge in [-0.1, -0.05) is 51.9 Å². The van der Waals surface area contributed by atoms with E-state index in [9.17, 15) is 0 Å². The molecule has 1 aromatic rings. The molecule has 1 aliphatic carbocycles. The highest BCUT2D eigenvalue weighted by atomic mass is 31.0. The van der Waals surface area contributed by atoms with Crippen molar-refractivity contribution in [2.24, 2.45) is 0 Å². The lowest BCUT2D eigenvalue weighted by atomic mass is 9.79.